The Bertz CT molecular complexity index is 1900. The second-order valence-electron chi connectivity index (χ2n) is 20.5. The standard InChI is InChI=1S/C75H116O6/c1-4-7-10-13-16-19-22-25-27-29-31-33-34-35-36-37-38-39-40-42-43-45-47-50-53-56-59-62-65-68-74(77)80-71-72(70-79-73(76)67-64-61-58-55-52-49-24-21-18-15-12-9-6-3)81-75(78)69-66-63-60-57-54-51-48-46-44-41-32-30-28-26-23-20-17-14-11-8-5-2/h7,9-10,12,16,18-19,21,23,25-27,30-33,35-36,38-39,42-43,47,49-50,52,56,58-59,61,72H,4-6,8,11,13-15,17,20,22,24,28-29,34,37,40-41,44-46,48,51,53-55,57,60,62-71H2,1-3H3/b10-7-,12-9-,19-16-,21-18-,26-23-,27-25-,32-30-,33-31-,36-35-,39-38-,43-42-,50-47-,52-49-,59-56-,61-58-. The molecule has 0 rings (SSSR count). The van der Waals surface area contributed by atoms with Crippen molar-refractivity contribution < 1.29 is 28.6 Å². The van der Waals surface area contributed by atoms with Crippen LogP contribution in [0.25, 0.3) is 0 Å². The number of hydrogen-bond acceptors (Lipinski definition) is 6. The third-order valence-corrected chi connectivity index (χ3v) is 12.9. The van der Waals surface area contributed by atoms with Gasteiger partial charge in [-0.25, -0.2) is 0 Å². The number of carbonyl (C=O) groups excluding carboxylic acids is 3. The van der Waals surface area contributed by atoms with E-state index in [1.165, 1.54) is 83.5 Å². The van der Waals surface area contributed by atoms with Crippen LogP contribution in [-0.4, -0.2) is 37.2 Å². The predicted octanol–water partition coefficient (Wildman–Crippen LogP) is 22.4. The maximum atomic E-state index is 12.9. The molecule has 0 radical (unpaired) electrons. The molecule has 0 aliphatic carbocycles. The summed E-state index contributed by atoms with van der Waals surface area (Å²) in [6.45, 7) is 6.27. The topological polar surface area (TPSA) is 78.9 Å². The van der Waals surface area contributed by atoms with Crippen LogP contribution in [0.5, 0.6) is 0 Å². The van der Waals surface area contributed by atoms with Crippen molar-refractivity contribution in [1.82, 2.24) is 0 Å². The Morgan fingerprint density at radius 2 is 0.519 bits per heavy atom. The fourth-order valence-corrected chi connectivity index (χ4v) is 8.13. The van der Waals surface area contributed by atoms with E-state index in [2.05, 4.69) is 191 Å². The Morgan fingerprint density at radius 1 is 0.259 bits per heavy atom. The van der Waals surface area contributed by atoms with Gasteiger partial charge in [0.25, 0.3) is 0 Å². The highest BCUT2D eigenvalue weighted by Crippen LogP contribution is 2.14. The summed E-state index contributed by atoms with van der Waals surface area (Å²) in [7, 11) is 0. The molecular weight excluding hydrogens is 997 g/mol. The van der Waals surface area contributed by atoms with Crippen molar-refractivity contribution in [1.29, 1.82) is 0 Å². The van der Waals surface area contributed by atoms with Crippen LogP contribution < -0.4 is 0 Å². The van der Waals surface area contributed by atoms with Gasteiger partial charge in [0.1, 0.15) is 13.2 Å². The number of carbonyl (C=O) groups is 3. The molecule has 0 aliphatic rings. The van der Waals surface area contributed by atoms with Crippen molar-refractivity contribution >= 4 is 17.9 Å². The summed E-state index contributed by atoms with van der Waals surface area (Å²) in [5.74, 6) is -1.09. The van der Waals surface area contributed by atoms with E-state index in [1.54, 1.807) is 0 Å². The molecule has 0 aromatic carbocycles. The molecule has 0 heterocycles. The van der Waals surface area contributed by atoms with E-state index in [0.717, 1.165) is 116 Å². The lowest BCUT2D eigenvalue weighted by atomic mass is 10.1. The highest BCUT2D eigenvalue weighted by molar-refractivity contribution is 5.71. The molecule has 0 aliphatic heterocycles. The van der Waals surface area contributed by atoms with E-state index in [-0.39, 0.29) is 50.4 Å². The highest BCUT2D eigenvalue weighted by Gasteiger charge is 2.19. The normalized spacial score (nSPS) is 13.4. The maximum Gasteiger partial charge on any atom is 0.306 e. The second-order valence-corrected chi connectivity index (χ2v) is 20.5. The number of unbranched alkanes of at least 4 members (excludes halogenated alkanes) is 15. The van der Waals surface area contributed by atoms with Gasteiger partial charge in [-0.05, 0) is 141 Å². The quantitative estimate of drug-likeness (QED) is 0.0261. The molecule has 6 nitrogen and oxygen atoms in total. The van der Waals surface area contributed by atoms with Crippen LogP contribution in [0.15, 0.2) is 182 Å². The van der Waals surface area contributed by atoms with Gasteiger partial charge in [-0.1, -0.05) is 274 Å². The first-order valence-corrected chi connectivity index (χ1v) is 32.3. The summed E-state index contributed by atoms with van der Waals surface area (Å²) in [5.41, 5.74) is 0. The van der Waals surface area contributed by atoms with Crippen LogP contribution in [0, 0.1) is 0 Å². The van der Waals surface area contributed by atoms with Crippen LogP contribution >= 0.6 is 0 Å². The van der Waals surface area contributed by atoms with Gasteiger partial charge < -0.3 is 14.2 Å². The molecule has 452 valence electrons. The minimum Gasteiger partial charge on any atom is -0.462 e. The van der Waals surface area contributed by atoms with Crippen LogP contribution in [0.1, 0.15) is 252 Å². The first-order chi connectivity index (χ1) is 40.0. The average Bonchev–Trinajstić information content (AvgIpc) is 3.46. The molecule has 81 heavy (non-hydrogen) atoms. The lowest BCUT2D eigenvalue weighted by Crippen LogP contribution is -2.30. The Morgan fingerprint density at radius 3 is 0.864 bits per heavy atom. The molecule has 1 atom stereocenters. The van der Waals surface area contributed by atoms with E-state index in [4.69, 9.17) is 14.2 Å². The molecule has 0 saturated carbocycles. The Kier molecular flexibility index (Phi) is 62.5. The van der Waals surface area contributed by atoms with Gasteiger partial charge in [0.05, 0.1) is 0 Å². The second kappa shape index (κ2) is 67.0. The van der Waals surface area contributed by atoms with Gasteiger partial charge in [0.2, 0.25) is 0 Å². The fraction of sp³-hybridized carbons (Fsp3) is 0.560. The van der Waals surface area contributed by atoms with E-state index in [9.17, 15) is 14.4 Å². The molecule has 1 unspecified atom stereocenters. The summed E-state index contributed by atoms with van der Waals surface area (Å²) in [6, 6.07) is 0. The molecule has 0 spiro atoms. The van der Waals surface area contributed by atoms with Crippen molar-refractivity contribution in [3.8, 4) is 0 Å². The maximum absolute atomic E-state index is 12.9. The first kappa shape index (κ1) is 75.5. The predicted molar refractivity (Wildman–Crippen MR) is 352 cm³/mol. The Balaban J connectivity index is 4.51. The molecule has 0 aromatic rings. The molecule has 0 aromatic heterocycles. The highest BCUT2D eigenvalue weighted by atomic mass is 16.6. The van der Waals surface area contributed by atoms with Gasteiger partial charge in [-0.2, -0.15) is 0 Å². The van der Waals surface area contributed by atoms with Crippen LogP contribution in [0.2, 0.25) is 0 Å². The van der Waals surface area contributed by atoms with Gasteiger partial charge in [-0.3, -0.25) is 14.4 Å². The summed E-state index contributed by atoms with van der Waals surface area (Å²) in [4.78, 5) is 38.2. The zero-order valence-corrected chi connectivity index (χ0v) is 51.7. The fourth-order valence-electron chi connectivity index (χ4n) is 8.13. The summed E-state index contributed by atoms with van der Waals surface area (Å²) in [5, 5.41) is 0. The van der Waals surface area contributed by atoms with Crippen LogP contribution in [0.3, 0.4) is 0 Å². The lowest BCUT2D eigenvalue weighted by Gasteiger charge is -2.18. The third kappa shape index (κ3) is 65.2. The molecule has 0 saturated heterocycles. The molecule has 0 N–H and O–H groups in total. The van der Waals surface area contributed by atoms with E-state index in [0.29, 0.717) is 12.8 Å². The number of rotatable bonds is 56. The van der Waals surface area contributed by atoms with Crippen molar-refractivity contribution in [2.45, 2.75) is 258 Å². The van der Waals surface area contributed by atoms with Gasteiger partial charge >= 0.3 is 17.9 Å². The minimum absolute atomic E-state index is 0.141. The Hall–Kier alpha value is -5.49. The van der Waals surface area contributed by atoms with E-state index in [1.807, 2.05) is 12.2 Å². The number of allylic oxidation sites excluding steroid dienone is 30. The van der Waals surface area contributed by atoms with E-state index >= 15 is 0 Å². The Labute approximate surface area is 497 Å². The van der Waals surface area contributed by atoms with Crippen LogP contribution in [-0.2, 0) is 28.6 Å². The number of esters is 3. The van der Waals surface area contributed by atoms with E-state index < -0.39 is 6.10 Å². The first-order valence-electron chi connectivity index (χ1n) is 32.3. The van der Waals surface area contributed by atoms with Crippen molar-refractivity contribution in [3.63, 3.8) is 0 Å². The lowest BCUT2D eigenvalue weighted by molar-refractivity contribution is -0.166. The van der Waals surface area contributed by atoms with Gasteiger partial charge in [0.15, 0.2) is 6.10 Å². The monoisotopic (exact) mass is 1110 g/mol. The summed E-state index contributed by atoms with van der Waals surface area (Å²) in [6.07, 6.45) is 101. The largest absolute Gasteiger partial charge is 0.462 e. The molecule has 0 amide bonds. The number of hydrogen-bond donors (Lipinski definition) is 0. The zero-order valence-electron chi connectivity index (χ0n) is 51.7. The SMILES string of the molecule is CC/C=C\C/C=C\C/C=C\C/C=C\C/C=C\C/C=C\C/C=C\C/C=C\C/C=C\CCCC(=O)OCC(COC(=O)CC/C=C\C/C=C\C/C=C\C/C=C\CC)OC(=O)CCCCCCCCCCC/C=C\C/C=C\CCCCCCC. The average molecular weight is 1110 g/mol. The summed E-state index contributed by atoms with van der Waals surface area (Å²) < 4.78 is 16.8. The van der Waals surface area contributed by atoms with Crippen molar-refractivity contribution in [2.75, 3.05) is 13.2 Å². The molecule has 0 fully saturated rings. The zero-order chi connectivity index (χ0) is 58.5. The van der Waals surface area contributed by atoms with Crippen molar-refractivity contribution in [3.05, 3.63) is 182 Å². The van der Waals surface area contributed by atoms with Gasteiger partial charge in [-0.15, -0.1) is 0 Å². The summed E-state index contributed by atoms with van der Waals surface area (Å²) >= 11 is 0. The van der Waals surface area contributed by atoms with Crippen molar-refractivity contribution in [2.24, 2.45) is 0 Å². The van der Waals surface area contributed by atoms with Crippen LogP contribution in [0.4, 0.5) is 0 Å². The molecule has 0 bridgehead atoms. The van der Waals surface area contributed by atoms with Gasteiger partial charge in [0, 0.05) is 19.3 Å². The molecular formula is C75H116O6. The molecule has 6 heteroatoms. The smallest absolute Gasteiger partial charge is 0.306 e. The minimum atomic E-state index is -0.844. The number of ether oxygens (including phenoxy) is 3. The third-order valence-electron chi connectivity index (χ3n) is 12.9.